The molecule has 0 aromatic heterocycles. The third-order valence-corrected chi connectivity index (χ3v) is 1.18. The van der Waals surface area contributed by atoms with E-state index in [4.69, 9.17) is 10.4 Å². The van der Waals surface area contributed by atoms with Crippen LogP contribution in [0.15, 0.2) is 24.3 Å². The summed E-state index contributed by atoms with van der Waals surface area (Å²) < 4.78 is 4.57. The van der Waals surface area contributed by atoms with E-state index in [-0.39, 0.29) is 6.61 Å². The van der Waals surface area contributed by atoms with Crippen molar-refractivity contribution in [2.24, 2.45) is 0 Å². The molecule has 1 aromatic rings. The van der Waals surface area contributed by atoms with E-state index in [0.717, 1.165) is 5.56 Å². The van der Waals surface area contributed by atoms with Gasteiger partial charge < -0.3 is 9.84 Å². The second kappa shape index (κ2) is 7.14. The van der Waals surface area contributed by atoms with Crippen LogP contribution in [0.3, 0.4) is 0 Å². The van der Waals surface area contributed by atoms with Crippen LogP contribution in [0, 0.1) is 18.4 Å². The third-order valence-electron chi connectivity index (χ3n) is 1.18. The van der Waals surface area contributed by atoms with E-state index >= 15 is 0 Å². The van der Waals surface area contributed by atoms with Gasteiger partial charge in [-0.1, -0.05) is 17.7 Å². The van der Waals surface area contributed by atoms with Crippen molar-refractivity contribution in [1.82, 2.24) is 0 Å². The van der Waals surface area contributed by atoms with E-state index < -0.39 is 0 Å². The molecular formula is C10H13NO2. The second-order valence-electron chi connectivity index (χ2n) is 2.32. The molecule has 0 saturated carbocycles. The minimum absolute atomic E-state index is 0.250. The highest BCUT2D eigenvalue weighted by Crippen LogP contribution is 2.10. The van der Waals surface area contributed by atoms with Crippen molar-refractivity contribution >= 4 is 0 Å². The summed E-state index contributed by atoms with van der Waals surface area (Å²) in [6.45, 7) is 3.91. The zero-order chi connectivity index (χ0) is 10.1. The minimum atomic E-state index is 0.250. The highest BCUT2D eigenvalue weighted by molar-refractivity contribution is 5.26. The summed E-state index contributed by atoms with van der Waals surface area (Å²) in [5.74, 6) is 0.591. The summed E-state index contributed by atoms with van der Waals surface area (Å²) >= 11 is 0. The van der Waals surface area contributed by atoms with Crippen molar-refractivity contribution in [3.05, 3.63) is 29.8 Å². The molecule has 0 aliphatic carbocycles. The largest absolute Gasteiger partial charge is 0.397 e. The lowest BCUT2D eigenvalue weighted by Crippen LogP contribution is -1.80. The van der Waals surface area contributed by atoms with Crippen LogP contribution in [0.25, 0.3) is 0 Å². The lowest BCUT2D eigenvalue weighted by atomic mass is 10.2. The number of hydrogen-bond acceptors (Lipinski definition) is 3. The topological polar surface area (TPSA) is 53.2 Å². The molecule has 3 heteroatoms. The summed E-state index contributed by atoms with van der Waals surface area (Å²) in [5, 5.41) is 15.7. The molecule has 0 atom stereocenters. The Morgan fingerprint density at radius 1 is 1.38 bits per heavy atom. The fourth-order valence-electron chi connectivity index (χ4n) is 0.659. The van der Waals surface area contributed by atoms with Gasteiger partial charge in [-0.15, -0.1) is 5.26 Å². The normalized spacial score (nSPS) is 7.85. The van der Waals surface area contributed by atoms with Gasteiger partial charge in [0.15, 0.2) is 0 Å². The lowest BCUT2D eigenvalue weighted by Gasteiger charge is -1.94. The second-order valence-corrected chi connectivity index (χ2v) is 2.32. The molecular weight excluding hydrogens is 166 g/mol. The molecule has 3 nitrogen and oxygen atoms in total. The maximum absolute atomic E-state index is 8.12. The minimum Gasteiger partial charge on any atom is -0.397 e. The Hall–Kier alpha value is -1.53. The Labute approximate surface area is 78.2 Å². The van der Waals surface area contributed by atoms with Gasteiger partial charge >= 0.3 is 0 Å². The van der Waals surface area contributed by atoms with E-state index in [0.29, 0.717) is 5.75 Å². The maximum atomic E-state index is 8.12. The molecule has 0 bridgehead atoms. The quantitative estimate of drug-likeness (QED) is 0.669. The van der Waals surface area contributed by atoms with E-state index in [2.05, 4.69) is 4.74 Å². The number of benzene rings is 1. The first-order chi connectivity index (χ1) is 6.24. The van der Waals surface area contributed by atoms with Crippen LogP contribution in [0.4, 0.5) is 0 Å². The molecule has 0 unspecified atom stereocenters. The lowest BCUT2D eigenvalue weighted by molar-refractivity contribution is 0.318. The average Bonchev–Trinajstić information content (AvgIpc) is 2.11. The molecule has 1 N–H and O–H groups in total. The Morgan fingerprint density at radius 3 is 2.23 bits per heavy atom. The predicted octanol–water partition coefficient (Wildman–Crippen LogP) is 1.85. The Kier molecular flexibility index (Phi) is 6.30. The Bertz CT molecular complexity index is 261. The van der Waals surface area contributed by atoms with Crippen LogP contribution in [-0.2, 0) is 0 Å². The number of aryl methyl sites for hydroxylation is 1. The van der Waals surface area contributed by atoms with Crippen LogP contribution >= 0.6 is 0 Å². The van der Waals surface area contributed by atoms with E-state index in [1.165, 1.54) is 0 Å². The molecule has 0 heterocycles. The summed E-state index contributed by atoms with van der Waals surface area (Å²) in [4.78, 5) is 0. The molecule has 0 fully saturated rings. The highest BCUT2D eigenvalue weighted by Gasteiger charge is 1.88. The van der Waals surface area contributed by atoms with E-state index in [9.17, 15) is 0 Å². The molecule has 1 rings (SSSR count). The maximum Gasteiger partial charge on any atom is 0.292 e. The molecule has 0 saturated heterocycles. The zero-order valence-electron chi connectivity index (χ0n) is 7.82. The van der Waals surface area contributed by atoms with Gasteiger partial charge in [0.1, 0.15) is 5.75 Å². The van der Waals surface area contributed by atoms with Gasteiger partial charge in [0.2, 0.25) is 0 Å². The standard InChI is InChI=1S/C8H7NO.C2H6O/c1-7-2-4-8(5-3-7)10-6-9;1-2-3/h2-5H,1H3;3H,2H2,1H3. The van der Waals surface area contributed by atoms with Crippen molar-refractivity contribution in [3.63, 3.8) is 0 Å². The fraction of sp³-hybridized carbons (Fsp3) is 0.300. The molecule has 0 aliphatic heterocycles. The van der Waals surface area contributed by atoms with Crippen molar-refractivity contribution < 1.29 is 9.84 Å². The number of nitriles is 1. The van der Waals surface area contributed by atoms with Gasteiger partial charge in [-0.05, 0) is 26.0 Å². The predicted molar refractivity (Wildman–Crippen MR) is 50.2 cm³/mol. The highest BCUT2D eigenvalue weighted by atomic mass is 16.5. The molecule has 13 heavy (non-hydrogen) atoms. The van der Waals surface area contributed by atoms with Crippen molar-refractivity contribution in [1.29, 1.82) is 5.26 Å². The van der Waals surface area contributed by atoms with Crippen LogP contribution in [0.1, 0.15) is 12.5 Å². The number of nitrogens with zero attached hydrogens (tertiary/aromatic N) is 1. The van der Waals surface area contributed by atoms with Crippen molar-refractivity contribution in [2.45, 2.75) is 13.8 Å². The van der Waals surface area contributed by atoms with Crippen molar-refractivity contribution in [2.75, 3.05) is 6.61 Å². The summed E-state index contributed by atoms with van der Waals surface area (Å²) in [6, 6.07) is 7.32. The Morgan fingerprint density at radius 2 is 1.85 bits per heavy atom. The van der Waals surface area contributed by atoms with Gasteiger partial charge in [-0.25, -0.2) is 0 Å². The first-order valence-corrected chi connectivity index (χ1v) is 3.98. The Balaban J connectivity index is 0.000000424. The molecule has 0 aliphatic rings. The van der Waals surface area contributed by atoms with Crippen molar-refractivity contribution in [3.8, 4) is 12.0 Å². The number of rotatable bonds is 1. The number of ether oxygens (including phenoxy) is 1. The molecule has 70 valence electrons. The molecule has 0 radical (unpaired) electrons. The van der Waals surface area contributed by atoms with Crippen LogP contribution in [-0.4, -0.2) is 11.7 Å². The number of aliphatic hydroxyl groups is 1. The van der Waals surface area contributed by atoms with E-state index in [1.54, 1.807) is 25.3 Å². The number of hydrogen-bond donors (Lipinski definition) is 1. The van der Waals surface area contributed by atoms with Gasteiger partial charge in [-0.2, -0.15) is 0 Å². The van der Waals surface area contributed by atoms with Gasteiger partial charge in [0.05, 0.1) is 0 Å². The molecule has 0 spiro atoms. The first kappa shape index (κ1) is 11.5. The fourth-order valence-corrected chi connectivity index (χ4v) is 0.659. The van der Waals surface area contributed by atoms with Gasteiger partial charge in [0.25, 0.3) is 6.26 Å². The monoisotopic (exact) mass is 179 g/mol. The summed E-state index contributed by atoms with van der Waals surface area (Å²) in [6.07, 6.45) is 1.60. The summed E-state index contributed by atoms with van der Waals surface area (Å²) in [5.41, 5.74) is 1.16. The smallest absolute Gasteiger partial charge is 0.292 e. The molecule has 0 amide bonds. The average molecular weight is 179 g/mol. The summed E-state index contributed by atoms with van der Waals surface area (Å²) in [7, 11) is 0. The van der Waals surface area contributed by atoms with Gasteiger partial charge in [0, 0.05) is 6.61 Å². The first-order valence-electron chi connectivity index (χ1n) is 3.98. The van der Waals surface area contributed by atoms with Crippen LogP contribution < -0.4 is 4.74 Å². The zero-order valence-corrected chi connectivity index (χ0v) is 7.82. The van der Waals surface area contributed by atoms with E-state index in [1.807, 2.05) is 19.1 Å². The SMILES string of the molecule is CCO.Cc1ccc(OC#N)cc1. The molecule has 1 aromatic carbocycles. The van der Waals surface area contributed by atoms with Gasteiger partial charge in [-0.3, -0.25) is 0 Å². The van der Waals surface area contributed by atoms with Crippen LogP contribution in [0.2, 0.25) is 0 Å². The van der Waals surface area contributed by atoms with Crippen LogP contribution in [0.5, 0.6) is 5.75 Å². The third kappa shape index (κ3) is 5.71. The number of aliphatic hydroxyl groups excluding tert-OH is 1.